The summed E-state index contributed by atoms with van der Waals surface area (Å²) in [5, 5.41) is 1.35. The number of hydroxylamine groups is 2. The SMILES string of the molecule is CCC1OC(C=Cc2ccccc2)N(OCc2ccccc2)C1=O. The van der Waals surface area contributed by atoms with Crippen LogP contribution in [0.5, 0.6) is 0 Å². The monoisotopic (exact) mass is 323 g/mol. The summed E-state index contributed by atoms with van der Waals surface area (Å²) in [7, 11) is 0. The van der Waals surface area contributed by atoms with Gasteiger partial charge in [-0.15, -0.1) is 0 Å². The summed E-state index contributed by atoms with van der Waals surface area (Å²) in [5.41, 5.74) is 2.06. The average molecular weight is 323 g/mol. The van der Waals surface area contributed by atoms with Crippen molar-refractivity contribution >= 4 is 12.0 Å². The fourth-order valence-corrected chi connectivity index (χ4v) is 2.56. The number of benzene rings is 2. The highest BCUT2D eigenvalue weighted by molar-refractivity contribution is 5.82. The van der Waals surface area contributed by atoms with Gasteiger partial charge in [0.1, 0.15) is 12.7 Å². The summed E-state index contributed by atoms with van der Waals surface area (Å²) in [6.45, 7) is 2.27. The smallest absolute Gasteiger partial charge is 0.278 e. The van der Waals surface area contributed by atoms with Crippen molar-refractivity contribution < 1.29 is 14.4 Å². The molecule has 0 N–H and O–H groups in total. The topological polar surface area (TPSA) is 38.8 Å². The molecule has 1 aliphatic rings. The summed E-state index contributed by atoms with van der Waals surface area (Å²) in [4.78, 5) is 18.2. The van der Waals surface area contributed by atoms with Gasteiger partial charge in [-0.05, 0) is 23.6 Å². The second kappa shape index (κ2) is 7.90. The molecule has 24 heavy (non-hydrogen) atoms. The first-order valence-electron chi connectivity index (χ1n) is 8.16. The Labute approximate surface area is 142 Å². The molecule has 0 saturated carbocycles. The van der Waals surface area contributed by atoms with Gasteiger partial charge in [0.15, 0.2) is 6.23 Å². The van der Waals surface area contributed by atoms with Crippen molar-refractivity contribution in [3.63, 3.8) is 0 Å². The Morgan fingerprint density at radius 2 is 1.75 bits per heavy atom. The minimum atomic E-state index is -0.508. The van der Waals surface area contributed by atoms with Crippen LogP contribution in [0.15, 0.2) is 66.7 Å². The van der Waals surface area contributed by atoms with E-state index in [2.05, 4.69) is 0 Å². The van der Waals surface area contributed by atoms with Gasteiger partial charge in [-0.2, -0.15) is 5.06 Å². The average Bonchev–Trinajstić information content (AvgIpc) is 2.95. The zero-order valence-electron chi connectivity index (χ0n) is 13.7. The van der Waals surface area contributed by atoms with E-state index in [1.807, 2.05) is 79.7 Å². The quantitative estimate of drug-likeness (QED) is 0.812. The van der Waals surface area contributed by atoms with Gasteiger partial charge in [0.25, 0.3) is 5.91 Å². The molecule has 1 amide bonds. The Kier molecular flexibility index (Phi) is 5.41. The lowest BCUT2D eigenvalue weighted by atomic mass is 10.2. The Balaban J connectivity index is 1.70. The molecule has 2 aromatic rings. The summed E-state index contributed by atoms with van der Waals surface area (Å²) >= 11 is 0. The lowest BCUT2D eigenvalue weighted by Gasteiger charge is -2.19. The van der Waals surface area contributed by atoms with Gasteiger partial charge in [-0.3, -0.25) is 9.63 Å². The maximum Gasteiger partial charge on any atom is 0.278 e. The largest absolute Gasteiger partial charge is 0.339 e. The van der Waals surface area contributed by atoms with Crippen LogP contribution < -0.4 is 0 Å². The minimum absolute atomic E-state index is 0.129. The van der Waals surface area contributed by atoms with Crippen LogP contribution >= 0.6 is 0 Å². The Bertz CT molecular complexity index is 685. The molecule has 0 bridgehead atoms. The first kappa shape index (κ1) is 16.4. The predicted molar refractivity (Wildman–Crippen MR) is 92.5 cm³/mol. The van der Waals surface area contributed by atoms with Crippen molar-refractivity contribution in [1.82, 2.24) is 5.06 Å². The minimum Gasteiger partial charge on any atom is -0.339 e. The Morgan fingerprint density at radius 1 is 1.08 bits per heavy atom. The van der Waals surface area contributed by atoms with Crippen LogP contribution in [0, 0.1) is 0 Å². The second-order valence-corrected chi connectivity index (χ2v) is 5.62. The van der Waals surface area contributed by atoms with E-state index in [0.717, 1.165) is 11.1 Å². The molecular formula is C20H21NO3. The predicted octanol–water partition coefficient (Wildman–Crippen LogP) is 3.80. The maximum atomic E-state index is 12.4. The van der Waals surface area contributed by atoms with Crippen molar-refractivity contribution in [3.05, 3.63) is 77.9 Å². The van der Waals surface area contributed by atoms with Crippen LogP contribution in [0.4, 0.5) is 0 Å². The van der Waals surface area contributed by atoms with E-state index in [-0.39, 0.29) is 5.91 Å². The molecule has 1 fully saturated rings. The molecule has 2 atom stereocenters. The molecule has 1 aliphatic heterocycles. The third kappa shape index (κ3) is 3.91. The highest BCUT2D eigenvalue weighted by Crippen LogP contribution is 2.23. The number of carbonyl (C=O) groups is 1. The van der Waals surface area contributed by atoms with E-state index < -0.39 is 12.3 Å². The second-order valence-electron chi connectivity index (χ2n) is 5.62. The molecule has 124 valence electrons. The van der Waals surface area contributed by atoms with E-state index in [1.54, 1.807) is 0 Å². The van der Waals surface area contributed by atoms with E-state index in [9.17, 15) is 4.79 Å². The van der Waals surface area contributed by atoms with Gasteiger partial charge in [0, 0.05) is 0 Å². The first-order valence-corrected chi connectivity index (χ1v) is 8.16. The first-order chi connectivity index (χ1) is 11.8. The van der Waals surface area contributed by atoms with E-state index >= 15 is 0 Å². The summed E-state index contributed by atoms with van der Waals surface area (Å²) in [5.74, 6) is -0.129. The molecule has 4 heteroatoms. The number of ether oxygens (including phenoxy) is 1. The summed E-state index contributed by atoms with van der Waals surface area (Å²) in [6.07, 6.45) is 3.46. The molecule has 0 radical (unpaired) electrons. The molecule has 0 aromatic heterocycles. The van der Waals surface area contributed by atoms with E-state index in [0.29, 0.717) is 13.0 Å². The fraction of sp³-hybridized carbons (Fsp3) is 0.250. The van der Waals surface area contributed by atoms with E-state index in [1.165, 1.54) is 5.06 Å². The van der Waals surface area contributed by atoms with Gasteiger partial charge in [0.2, 0.25) is 0 Å². The molecule has 1 heterocycles. The lowest BCUT2D eigenvalue weighted by Crippen LogP contribution is -2.33. The zero-order valence-corrected chi connectivity index (χ0v) is 13.7. The van der Waals surface area contributed by atoms with Crippen LogP contribution in [0.2, 0.25) is 0 Å². The molecule has 2 unspecified atom stereocenters. The standard InChI is InChI=1S/C20H21NO3/c1-2-18-20(22)21(23-15-17-11-7-4-8-12-17)19(24-18)14-13-16-9-5-3-6-10-16/h3-14,18-19H,2,15H2,1H3. The van der Waals surface area contributed by atoms with Crippen LogP contribution in [0.1, 0.15) is 24.5 Å². The highest BCUT2D eigenvalue weighted by Gasteiger charge is 2.39. The number of carbonyl (C=O) groups excluding carboxylic acids is 1. The van der Waals surface area contributed by atoms with Crippen LogP contribution in [0.25, 0.3) is 6.08 Å². The molecule has 4 nitrogen and oxygen atoms in total. The van der Waals surface area contributed by atoms with Gasteiger partial charge in [0.05, 0.1) is 0 Å². The fourth-order valence-electron chi connectivity index (χ4n) is 2.56. The molecule has 1 saturated heterocycles. The van der Waals surface area contributed by atoms with Gasteiger partial charge in [-0.25, -0.2) is 0 Å². The Morgan fingerprint density at radius 3 is 2.42 bits per heavy atom. The van der Waals surface area contributed by atoms with Gasteiger partial charge >= 0.3 is 0 Å². The molecule has 0 spiro atoms. The van der Waals surface area contributed by atoms with Gasteiger partial charge in [-0.1, -0.05) is 73.7 Å². The number of hydrogen-bond donors (Lipinski definition) is 0. The van der Waals surface area contributed by atoms with Crippen molar-refractivity contribution in [2.75, 3.05) is 0 Å². The Hall–Kier alpha value is -2.43. The number of hydrogen-bond acceptors (Lipinski definition) is 3. The lowest BCUT2D eigenvalue weighted by molar-refractivity contribution is -0.204. The van der Waals surface area contributed by atoms with E-state index in [4.69, 9.17) is 9.57 Å². The number of nitrogens with zero attached hydrogens (tertiary/aromatic N) is 1. The number of amides is 1. The zero-order chi connectivity index (χ0) is 16.8. The maximum absolute atomic E-state index is 12.4. The van der Waals surface area contributed by atoms with Crippen molar-refractivity contribution in [1.29, 1.82) is 0 Å². The normalized spacial score (nSPS) is 20.9. The van der Waals surface area contributed by atoms with Crippen molar-refractivity contribution in [3.8, 4) is 0 Å². The third-order valence-electron chi connectivity index (χ3n) is 3.86. The van der Waals surface area contributed by atoms with Crippen LogP contribution in [0.3, 0.4) is 0 Å². The molecule has 0 aliphatic carbocycles. The van der Waals surface area contributed by atoms with Gasteiger partial charge < -0.3 is 4.74 Å². The summed E-state index contributed by atoms with van der Waals surface area (Å²) in [6, 6.07) is 19.7. The molecule has 2 aromatic carbocycles. The van der Waals surface area contributed by atoms with Crippen molar-refractivity contribution in [2.24, 2.45) is 0 Å². The summed E-state index contributed by atoms with van der Waals surface area (Å²) < 4.78 is 5.81. The highest BCUT2D eigenvalue weighted by atomic mass is 16.7. The molecular weight excluding hydrogens is 302 g/mol. The third-order valence-corrected chi connectivity index (χ3v) is 3.86. The van der Waals surface area contributed by atoms with Crippen LogP contribution in [-0.4, -0.2) is 23.3 Å². The van der Waals surface area contributed by atoms with Crippen LogP contribution in [-0.2, 0) is 21.0 Å². The number of rotatable bonds is 6. The van der Waals surface area contributed by atoms with Crippen molar-refractivity contribution in [2.45, 2.75) is 32.3 Å². The molecule has 3 rings (SSSR count).